The van der Waals surface area contributed by atoms with Crippen LogP contribution in [0.2, 0.25) is 0 Å². The van der Waals surface area contributed by atoms with Crippen molar-refractivity contribution >= 4 is 11.8 Å². The van der Waals surface area contributed by atoms with Crippen molar-refractivity contribution in [3.63, 3.8) is 0 Å². The zero-order valence-electron chi connectivity index (χ0n) is 13.1. The Hall–Kier alpha value is -2.83. The number of oxazole rings is 1. The second-order valence-electron chi connectivity index (χ2n) is 6.19. The lowest BCUT2D eigenvalue weighted by Gasteiger charge is -2.24. The molecule has 1 aliphatic carbocycles. The van der Waals surface area contributed by atoms with Crippen molar-refractivity contribution in [1.29, 1.82) is 0 Å². The van der Waals surface area contributed by atoms with Crippen molar-refractivity contribution in [2.24, 2.45) is 11.7 Å². The Kier molecular flexibility index (Phi) is 3.30. The number of likely N-dealkylation sites (tertiary alicyclic amines) is 1. The molecule has 1 saturated heterocycles. The van der Waals surface area contributed by atoms with Crippen LogP contribution in [0.4, 0.5) is 0 Å². The van der Waals surface area contributed by atoms with Crippen molar-refractivity contribution in [3.05, 3.63) is 36.4 Å². The second-order valence-corrected chi connectivity index (χ2v) is 6.19. The first-order valence-electron chi connectivity index (χ1n) is 7.80. The van der Waals surface area contributed by atoms with Crippen molar-refractivity contribution in [3.8, 4) is 17.1 Å². The van der Waals surface area contributed by atoms with Crippen LogP contribution in [-0.4, -0.2) is 40.9 Å². The van der Waals surface area contributed by atoms with Crippen LogP contribution in [0, 0.1) is 5.92 Å². The fourth-order valence-corrected chi connectivity index (χ4v) is 3.47. The predicted molar refractivity (Wildman–Crippen MR) is 84.2 cm³/mol. The van der Waals surface area contributed by atoms with Crippen LogP contribution >= 0.6 is 0 Å². The van der Waals surface area contributed by atoms with E-state index >= 15 is 0 Å². The van der Waals surface area contributed by atoms with E-state index in [0.717, 1.165) is 12.0 Å². The van der Waals surface area contributed by atoms with Crippen LogP contribution in [0.15, 0.2) is 35.1 Å². The van der Waals surface area contributed by atoms with E-state index in [1.54, 1.807) is 36.3 Å². The van der Waals surface area contributed by atoms with Gasteiger partial charge in [0.25, 0.3) is 5.91 Å². The van der Waals surface area contributed by atoms with Gasteiger partial charge in [-0.05, 0) is 43.0 Å². The van der Waals surface area contributed by atoms with E-state index in [4.69, 9.17) is 14.9 Å². The number of hydrogen-bond acceptors (Lipinski definition) is 5. The fraction of sp³-hybridized carbons (Fsp3) is 0.353. The third-order valence-electron chi connectivity index (χ3n) is 4.79. The minimum Gasteiger partial charge on any atom is -0.497 e. The molecule has 2 N–H and O–H groups in total. The Balaban J connectivity index is 1.66. The maximum atomic E-state index is 12.9. The maximum absolute atomic E-state index is 12.9. The average molecular weight is 327 g/mol. The molecular formula is C17H17N3O4. The molecule has 1 aromatic carbocycles. The molecule has 3 atom stereocenters. The third kappa shape index (κ3) is 2.24. The van der Waals surface area contributed by atoms with Crippen LogP contribution in [0.3, 0.4) is 0 Å². The number of rotatable bonds is 4. The molecule has 24 heavy (non-hydrogen) atoms. The summed E-state index contributed by atoms with van der Waals surface area (Å²) in [6, 6.07) is 6.70. The number of benzene rings is 1. The van der Waals surface area contributed by atoms with Crippen LogP contribution in [0.25, 0.3) is 11.3 Å². The van der Waals surface area contributed by atoms with Gasteiger partial charge in [0.05, 0.1) is 7.11 Å². The Morgan fingerprint density at radius 1 is 1.29 bits per heavy atom. The Morgan fingerprint density at radius 2 is 2.04 bits per heavy atom. The van der Waals surface area contributed by atoms with Crippen LogP contribution < -0.4 is 10.5 Å². The minimum absolute atomic E-state index is 0.0930. The standard InChI is InChI=1S/C17H17N3O4/c1-23-11-4-2-9(3-5-11)15-14(19-8-24-15)17(22)20-12-6-10(12)7-13(20)16(18)21/h2-5,8,10,12-13H,6-7H2,1H3,(H2,18,21)/t10-,12-,13-/m0/s1. The monoisotopic (exact) mass is 327 g/mol. The lowest BCUT2D eigenvalue weighted by molar-refractivity contribution is -0.122. The van der Waals surface area contributed by atoms with Gasteiger partial charge in [-0.2, -0.15) is 0 Å². The second kappa shape index (κ2) is 5.36. The molecule has 0 bridgehead atoms. The van der Waals surface area contributed by atoms with E-state index in [1.165, 1.54) is 6.39 Å². The minimum atomic E-state index is -0.554. The average Bonchev–Trinajstić information content (AvgIpc) is 3.03. The molecule has 2 heterocycles. The summed E-state index contributed by atoms with van der Waals surface area (Å²) < 4.78 is 10.6. The lowest BCUT2D eigenvalue weighted by Crippen LogP contribution is -2.46. The Labute approximate surface area is 138 Å². The van der Waals surface area contributed by atoms with Crippen molar-refractivity contribution in [1.82, 2.24) is 9.88 Å². The highest BCUT2D eigenvalue weighted by molar-refractivity contribution is 6.00. The summed E-state index contributed by atoms with van der Waals surface area (Å²) in [7, 11) is 1.59. The predicted octanol–water partition coefficient (Wildman–Crippen LogP) is 1.44. The van der Waals surface area contributed by atoms with Crippen LogP contribution in [0.5, 0.6) is 5.75 Å². The first-order chi connectivity index (χ1) is 11.6. The number of ether oxygens (including phenoxy) is 1. The molecule has 7 nitrogen and oxygen atoms in total. The van der Waals surface area contributed by atoms with Gasteiger partial charge in [-0.15, -0.1) is 0 Å². The summed E-state index contributed by atoms with van der Waals surface area (Å²) >= 11 is 0. The summed E-state index contributed by atoms with van der Waals surface area (Å²) in [5.74, 6) is 0.700. The summed E-state index contributed by atoms with van der Waals surface area (Å²) in [6.45, 7) is 0. The lowest BCUT2D eigenvalue weighted by atomic mass is 10.1. The van der Waals surface area contributed by atoms with Crippen LogP contribution in [-0.2, 0) is 4.79 Å². The Morgan fingerprint density at radius 3 is 2.71 bits per heavy atom. The Bertz CT molecular complexity index is 798. The largest absolute Gasteiger partial charge is 0.497 e. The van der Waals surface area contributed by atoms with Crippen LogP contribution in [0.1, 0.15) is 23.3 Å². The number of hydrogen-bond donors (Lipinski definition) is 1. The third-order valence-corrected chi connectivity index (χ3v) is 4.79. The molecule has 2 fully saturated rings. The summed E-state index contributed by atoms with van der Waals surface area (Å²) in [5, 5.41) is 0. The molecular weight excluding hydrogens is 310 g/mol. The van der Waals surface area contributed by atoms with Gasteiger partial charge in [0, 0.05) is 11.6 Å². The number of carbonyl (C=O) groups is 2. The van der Waals surface area contributed by atoms with E-state index < -0.39 is 11.9 Å². The van der Waals surface area contributed by atoms with Crippen molar-refractivity contribution in [2.45, 2.75) is 24.9 Å². The molecule has 2 amide bonds. The molecule has 4 rings (SSSR count). The van der Waals surface area contributed by atoms with E-state index in [1.807, 2.05) is 0 Å². The molecule has 0 unspecified atom stereocenters. The highest BCUT2D eigenvalue weighted by Crippen LogP contribution is 2.48. The quantitative estimate of drug-likeness (QED) is 0.916. The molecule has 1 aliphatic heterocycles. The maximum Gasteiger partial charge on any atom is 0.277 e. The number of fused-ring (bicyclic) bond motifs is 1. The number of nitrogens with zero attached hydrogens (tertiary/aromatic N) is 2. The van der Waals surface area contributed by atoms with E-state index in [0.29, 0.717) is 23.8 Å². The highest BCUT2D eigenvalue weighted by atomic mass is 16.5. The first kappa shape index (κ1) is 14.7. The van der Waals surface area contributed by atoms with E-state index in [2.05, 4.69) is 4.98 Å². The molecule has 0 radical (unpaired) electrons. The zero-order valence-corrected chi connectivity index (χ0v) is 13.1. The molecule has 2 aromatic rings. The molecule has 1 aromatic heterocycles. The van der Waals surface area contributed by atoms with Gasteiger partial charge in [-0.25, -0.2) is 4.98 Å². The first-order valence-corrected chi connectivity index (χ1v) is 7.80. The van der Waals surface area contributed by atoms with Gasteiger partial charge in [0.1, 0.15) is 11.8 Å². The van der Waals surface area contributed by atoms with E-state index in [-0.39, 0.29) is 17.6 Å². The van der Waals surface area contributed by atoms with Gasteiger partial charge in [-0.1, -0.05) is 0 Å². The smallest absolute Gasteiger partial charge is 0.277 e. The zero-order chi connectivity index (χ0) is 16.8. The molecule has 7 heteroatoms. The van der Waals surface area contributed by atoms with Gasteiger partial charge < -0.3 is 19.8 Å². The highest BCUT2D eigenvalue weighted by Gasteiger charge is 2.56. The molecule has 2 aliphatic rings. The van der Waals surface area contributed by atoms with Gasteiger partial charge in [-0.3, -0.25) is 9.59 Å². The van der Waals surface area contributed by atoms with Crippen molar-refractivity contribution < 1.29 is 18.7 Å². The number of primary amides is 1. The summed E-state index contributed by atoms with van der Waals surface area (Å²) in [4.78, 5) is 30.3. The van der Waals surface area contributed by atoms with E-state index in [9.17, 15) is 9.59 Å². The molecule has 1 saturated carbocycles. The summed E-state index contributed by atoms with van der Waals surface area (Å²) in [6.07, 6.45) is 2.80. The van der Waals surface area contributed by atoms with Gasteiger partial charge >= 0.3 is 0 Å². The van der Waals surface area contributed by atoms with Gasteiger partial charge in [0.15, 0.2) is 17.8 Å². The number of nitrogens with two attached hydrogens (primary N) is 1. The number of carbonyl (C=O) groups excluding carboxylic acids is 2. The number of aromatic nitrogens is 1. The SMILES string of the molecule is COc1ccc(-c2ocnc2C(=O)N2[C@H](C(N)=O)C[C@@H]3C[C@@H]32)cc1. The molecule has 0 spiro atoms. The normalized spacial score (nSPS) is 24.5. The fourth-order valence-electron chi connectivity index (χ4n) is 3.47. The summed E-state index contributed by atoms with van der Waals surface area (Å²) in [5.41, 5.74) is 6.38. The molecule has 124 valence electrons. The van der Waals surface area contributed by atoms with Crippen molar-refractivity contribution in [2.75, 3.05) is 7.11 Å². The topological polar surface area (TPSA) is 98.7 Å². The number of methoxy groups -OCH3 is 1. The number of amides is 2. The number of piperidine rings is 1. The van der Waals surface area contributed by atoms with Gasteiger partial charge in [0.2, 0.25) is 5.91 Å².